The molecule has 0 spiro atoms. The number of nitriles is 1. The van der Waals surface area contributed by atoms with E-state index in [1.807, 2.05) is 0 Å². The molecule has 20 heavy (non-hydrogen) atoms. The van der Waals surface area contributed by atoms with Crippen molar-refractivity contribution in [2.24, 2.45) is 0 Å². The van der Waals surface area contributed by atoms with Gasteiger partial charge in [0.25, 0.3) is 0 Å². The van der Waals surface area contributed by atoms with Crippen molar-refractivity contribution in [3.8, 4) is 6.07 Å². The Hall–Kier alpha value is -2.04. The number of benzene rings is 1. The normalized spacial score (nSPS) is 12.7. The van der Waals surface area contributed by atoms with Gasteiger partial charge in [0.1, 0.15) is 11.5 Å². The summed E-state index contributed by atoms with van der Waals surface area (Å²) < 4.78 is 37.6. The average Bonchev–Trinajstić information content (AvgIpc) is 2.42. The topological polar surface area (TPSA) is 83.7 Å². The molecule has 0 saturated heterocycles. The van der Waals surface area contributed by atoms with Crippen LogP contribution in [0.3, 0.4) is 0 Å². The predicted octanol–water partition coefficient (Wildman–Crippen LogP) is 2.31. The minimum Gasteiger partial charge on any atom is -0.254 e. The summed E-state index contributed by atoms with van der Waals surface area (Å²) in [6.45, 7) is 0. The van der Waals surface area contributed by atoms with Crippen LogP contribution in [0.4, 0.5) is 4.39 Å². The molecular weight excluding hydrogens is 305 g/mol. The molecule has 0 aliphatic rings. The molecule has 0 unspecified atom stereocenters. The van der Waals surface area contributed by atoms with Gasteiger partial charge in [0, 0.05) is 12.4 Å². The molecule has 0 amide bonds. The number of aromatic nitrogens is 2. The third-order valence-corrected chi connectivity index (χ3v) is 4.67. The van der Waals surface area contributed by atoms with Gasteiger partial charge in [-0.25, -0.2) is 17.8 Å². The Kier molecular flexibility index (Phi) is 3.97. The molecule has 2 aromatic rings. The van der Waals surface area contributed by atoms with Gasteiger partial charge in [-0.1, -0.05) is 11.6 Å². The maximum Gasteiger partial charge on any atom is 0.200 e. The van der Waals surface area contributed by atoms with Crippen molar-refractivity contribution in [1.29, 1.82) is 5.26 Å². The number of sulfone groups is 1. The van der Waals surface area contributed by atoms with E-state index in [4.69, 9.17) is 16.9 Å². The van der Waals surface area contributed by atoms with Gasteiger partial charge in [-0.05, 0) is 24.3 Å². The third kappa shape index (κ3) is 2.61. The molecule has 2 rings (SSSR count). The molecule has 0 aliphatic carbocycles. The van der Waals surface area contributed by atoms with Crippen molar-refractivity contribution in [3.05, 3.63) is 53.3 Å². The Bertz CT molecular complexity index is 772. The van der Waals surface area contributed by atoms with Gasteiger partial charge in [-0.15, -0.1) is 0 Å². The van der Waals surface area contributed by atoms with Crippen LogP contribution in [0.5, 0.6) is 0 Å². The van der Waals surface area contributed by atoms with Crippen molar-refractivity contribution in [2.45, 2.75) is 10.1 Å². The SMILES string of the molecule is N#C[C@H](c1nccnc1Cl)S(=O)(=O)c1ccc(F)cc1. The summed E-state index contributed by atoms with van der Waals surface area (Å²) in [7, 11) is -4.06. The van der Waals surface area contributed by atoms with E-state index >= 15 is 0 Å². The van der Waals surface area contributed by atoms with E-state index in [1.165, 1.54) is 12.4 Å². The largest absolute Gasteiger partial charge is 0.254 e. The maximum atomic E-state index is 12.8. The molecule has 5 nitrogen and oxygen atoms in total. The Morgan fingerprint density at radius 1 is 1.20 bits per heavy atom. The molecule has 0 fully saturated rings. The number of halogens is 2. The highest BCUT2D eigenvalue weighted by Gasteiger charge is 2.32. The summed E-state index contributed by atoms with van der Waals surface area (Å²) in [4.78, 5) is 7.30. The van der Waals surface area contributed by atoms with Crippen LogP contribution in [0.2, 0.25) is 5.15 Å². The summed E-state index contributed by atoms with van der Waals surface area (Å²) in [5, 5.41) is 7.36. The van der Waals surface area contributed by atoms with Gasteiger partial charge in [0.05, 0.1) is 11.0 Å². The van der Waals surface area contributed by atoms with Gasteiger partial charge in [0.2, 0.25) is 9.84 Å². The first-order valence-corrected chi connectivity index (χ1v) is 7.24. The lowest BCUT2D eigenvalue weighted by molar-refractivity contribution is 0.589. The standard InChI is InChI=1S/C12H7ClFN3O2S/c13-12-11(16-5-6-17-12)10(7-15)20(18,19)9-3-1-8(14)2-4-9/h1-6,10H/t10-/m1/s1. The van der Waals surface area contributed by atoms with Crippen LogP contribution in [0, 0.1) is 17.1 Å². The molecule has 0 radical (unpaired) electrons. The molecule has 1 aromatic carbocycles. The summed E-state index contributed by atoms with van der Waals surface area (Å²) in [5.74, 6) is -0.574. The van der Waals surface area contributed by atoms with Crippen molar-refractivity contribution >= 4 is 21.4 Å². The van der Waals surface area contributed by atoms with Crippen LogP contribution in [0.1, 0.15) is 10.9 Å². The number of hydrogen-bond acceptors (Lipinski definition) is 5. The molecule has 102 valence electrons. The van der Waals surface area contributed by atoms with Crippen LogP contribution < -0.4 is 0 Å². The Balaban J connectivity index is 2.55. The summed E-state index contributed by atoms with van der Waals surface area (Å²) in [5.41, 5.74) is -0.152. The maximum absolute atomic E-state index is 12.8. The summed E-state index contributed by atoms with van der Waals surface area (Å²) in [6, 6.07) is 5.81. The Labute approximate surface area is 119 Å². The number of nitrogens with zero attached hydrogens (tertiary/aromatic N) is 3. The fraction of sp³-hybridized carbons (Fsp3) is 0.0833. The zero-order chi connectivity index (χ0) is 14.8. The van der Waals surface area contributed by atoms with E-state index in [1.54, 1.807) is 6.07 Å². The zero-order valence-electron chi connectivity index (χ0n) is 9.86. The van der Waals surface area contributed by atoms with Crippen LogP contribution >= 0.6 is 11.6 Å². The second kappa shape index (κ2) is 5.53. The first-order valence-electron chi connectivity index (χ1n) is 5.32. The molecule has 0 saturated carbocycles. The van der Waals surface area contributed by atoms with Crippen LogP contribution in [-0.4, -0.2) is 18.4 Å². The first kappa shape index (κ1) is 14.4. The minimum absolute atomic E-state index is 0.152. The highest BCUT2D eigenvalue weighted by molar-refractivity contribution is 7.92. The first-order chi connectivity index (χ1) is 9.46. The lowest BCUT2D eigenvalue weighted by Crippen LogP contribution is -2.14. The molecule has 1 atom stereocenters. The highest BCUT2D eigenvalue weighted by atomic mass is 35.5. The van der Waals surface area contributed by atoms with Gasteiger partial charge in [0.15, 0.2) is 10.4 Å². The van der Waals surface area contributed by atoms with Gasteiger partial charge < -0.3 is 0 Å². The van der Waals surface area contributed by atoms with E-state index in [0.29, 0.717) is 0 Å². The Morgan fingerprint density at radius 3 is 2.35 bits per heavy atom. The Morgan fingerprint density at radius 2 is 1.80 bits per heavy atom. The number of rotatable bonds is 3. The van der Waals surface area contributed by atoms with E-state index in [9.17, 15) is 12.8 Å². The van der Waals surface area contributed by atoms with Crippen LogP contribution in [0.25, 0.3) is 0 Å². The fourth-order valence-electron chi connectivity index (χ4n) is 1.55. The zero-order valence-corrected chi connectivity index (χ0v) is 11.4. The highest BCUT2D eigenvalue weighted by Crippen LogP contribution is 2.30. The predicted molar refractivity (Wildman–Crippen MR) is 69.0 cm³/mol. The molecule has 0 bridgehead atoms. The number of hydrogen-bond donors (Lipinski definition) is 0. The van der Waals surface area contributed by atoms with Crippen molar-refractivity contribution in [1.82, 2.24) is 9.97 Å². The van der Waals surface area contributed by atoms with Crippen molar-refractivity contribution in [3.63, 3.8) is 0 Å². The van der Waals surface area contributed by atoms with E-state index in [0.717, 1.165) is 24.3 Å². The second-order valence-electron chi connectivity index (χ2n) is 3.74. The van der Waals surface area contributed by atoms with Crippen LogP contribution in [-0.2, 0) is 9.84 Å². The molecule has 0 N–H and O–H groups in total. The second-order valence-corrected chi connectivity index (χ2v) is 6.13. The molecule has 1 aromatic heterocycles. The van der Waals surface area contributed by atoms with Crippen molar-refractivity contribution < 1.29 is 12.8 Å². The van der Waals surface area contributed by atoms with E-state index in [2.05, 4.69) is 9.97 Å². The summed E-state index contributed by atoms with van der Waals surface area (Å²) in [6.07, 6.45) is 2.52. The average molecular weight is 312 g/mol. The van der Waals surface area contributed by atoms with Crippen LogP contribution in [0.15, 0.2) is 41.6 Å². The monoisotopic (exact) mass is 311 g/mol. The molecular formula is C12H7ClFN3O2S. The van der Waals surface area contributed by atoms with Gasteiger partial charge in [-0.3, -0.25) is 4.98 Å². The fourth-order valence-corrected chi connectivity index (χ4v) is 3.22. The van der Waals surface area contributed by atoms with E-state index < -0.39 is 20.9 Å². The third-order valence-electron chi connectivity index (χ3n) is 2.50. The molecule has 1 heterocycles. The van der Waals surface area contributed by atoms with Gasteiger partial charge in [-0.2, -0.15) is 5.26 Å². The van der Waals surface area contributed by atoms with Gasteiger partial charge >= 0.3 is 0 Å². The lowest BCUT2D eigenvalue weighted by Gasteiger charge is -2.11. The molecule has 8 heteroatoms. The molecule has 0 aliphatic heterocycles. The van der Waals surface area contributed by atoms with Crippen molar-refractivity contribution in [2.75, 3.05) is 0 Å². The van der Waals surface area contributed by atoms with E-state index in [-0.39, 0.29) is 15.7 Å². The quantitative estimate of drug-likeness (QED) is 0.812. The smallest absolute Gasteiger partial charge is 0.200 e. The summed E-state index contributed by atoms with van der Waals surface area (Å²) >= 11 is 5.77. The minimum atomic E-state index is -4.06. The lowest BCUT2D eigenvalue weighted by atomic mass is 10.3.